The Bertz CT molecular complexity index is 1240. The number of halogens is 4. The number of hydrogen-bond acceptors (Lipinski definition) is 6. The van der Waals surface area contributed by atoms with Crippen molar-refractivity contribution in [2.24, 2.45) is 0 Å². The third kappa shape index (κ3) is 5.48. The van der Waals surface area contributed by atoms with Crippen molar-refractivity contribution in [3.63, 3.8) is 0 Å². The molecule has 37 heavy (non-hydrogen) atoms. The summed E-state index contributed by atoms with van der Waals surface area (Å²) in [6, 6.07) is 1.21. The lowest BCUT2D eigenvalue weighted by molar-refractivity contribution is -0.137. The van der Waals surface area contributed by atoms with E-state index in [9.17, 15) is 21.6 Å². The van der Waals surface area contributed by atoms with E-state index >= 15 is 0 Å². The summed E-state index contributed by atoms with van der Waals surface area (Å²) in [5.74, 6) is 0.357. The summed E-state index contributed by atoms with van der Waals surface area (Å²) >= 11 is 6.18. The number of anilines is 1. The molecule has 0 amide bonds. The fraction of sp³-hybridized carbons (Fsp3) is 0.667. The molecule has 2 fully saturated rings. The van der Waals surface area contributed by atoms with Gasteiger partial charge in [0.2, 0.25) is 10.0 Å². The highest BCUT2D eigenvalue weighted by molar-refractivity contribution is 7.89. The van der Waals surface area contributed by atoms with Gasteiger partial charge in [0.15, 0.2) is 0 Å². The minimum Gasteiger partial charge on any atom is -0.350 e. The third-order valence-electron chi connectivity index (χ3n) is 7.37. The molecular formula is C24H34ClF3N6O2S. The van der Waals surface area contributed by atoms with E-state index < -0.39 is 21.8 Å². The Morgan fingerprint density at radius 3 is 2.27 bits per heavy atom. The molecule has 206 valence electrons. The number of aryl methyl sites for hydroxylation is 1. The molecule has 0 aliphatic carbocycles. The van der Waals surface area contributed by atoms with Gasteiger partial charge in [-0.3, -0.25) is 9.58 Å². The monoisotopic (exact) mass is 562 g/mol. The van der Waals surface area contributed by atoms with Crippen LogP contribution >= 0.6 is 11.6 Å². The van der Waals surface area contributed by atoms with E-state index in [4.69, 9.17) is 11.6 Å². The normalized spacial score (nSPS) is 21.2. The van der Waals surface area contributed by atoms with Gasteiger partial charge in [-0.25, -0.2) is 13.4 Å². The maximum absolute atomic E-state index is 13.5. The second-order valence-corrected chi connectivity index (χ2v) is 12.5. The molecule has 13 heteroatoms. The Hall–Kier alpha value is -1.89. The maximum atomic E-state index is 13.5. The zero-order valence-electron chi connectivity index (χ0n) is 21.8. The molecule has 2 aromatic heterocycles. The highest BCUT2D eigenvalue weighted by Gasteiger charge is 2.38. The minimum atomic E-state index is -4.49. The molecule has 0 spiro atoms. The van der Waals surface area contributed by atoms with Gasteiger partial charge in [0.05, 0.1) is 22.0 Å². The number of pyridine rings is 1. The van der Waals surface area contributed by atoms with Crippen molar-refractivity contribution in [1.82, 2.24) is 24.0 Å². The first-order valence-corrected chi connectivity index (χ1v) is 14.3. The topological polar surface area (TPSA) is 74.6 Å². The number of piperidine rings is 1. The average Bonchev–Trinajstić information content (AvgIpc) is 3.13. The second kappa shape index (κ2) is 10.3. The zero-order valence-corrected chi connectivity index (χ0v) is 23.3. The number of sulfonamides is 1. The fourth-order valence-corrected chi connectivity index (χ4v) is 7.64. The molecule has 4 heterocycles. The predicted molar refractivity (Wildman–Crippen MR) is 136 cm³/mol. The van der Waals surface area contributed by atoms with Crippen molar-refractivity contribution < 1.29 is 21.6 Å². The summed E-state index contributed by atoms with van der Waals surface area (Å²) in [6.07, 6.45) is -2.25. The van der Waals surface area contributed by atoms with Crippen molar-refractivity contribution in [1.29, 1.82) is 0 Å². The van der Waals surface area contributed by atoms with Gasteiger partial charge >= 0.3 is 6.18 Å². The van der Waals surface area contributed by atoms with E-state index in [2.05, 4.69) is 15.0 Å². The van der Waals surface area contributed by atoms with Gasteiger partial charge in [-0.1, -0.05) is 11.6 Å². The highest BCUT2D eigenvalue weighted by Crippen LogP contribution is 2.35. The van der Waals surface area contributed by atoms with Crippen molar-refractivity contribution >= 4 is 27.4 Å². The number of aromatic nitrogens is 3. The van der Waals surface area contributed by atoms with Gasteiger partial charge in [0.1, 0.15) is 10.7 Å². The predicted octanol–water partition coefficient (Wildman–Crippen LogP) is 4.51. The first-order valence-electron chi connectivity index (χ1n) is 12.5. The first-order chi connectivity index (χ1) is 17.2. The molecule has 0 radical (unpaired) electrons. The van der Waals surface area contributed by atoms with Crippen LogP contribution in [0.5, 0.6) is 0 Å². The van der Waals surface area contributed by atoms with Crippen LogP contribution in [-0.2, 0) is 16.2 Å². The van der Waals surface area contributed by atoms with Crippen molar-refractivity contribution in [2.75, 3.05) is 37.6 Å². The summed E-state index contributed by atoms with van der Waals surface area (Å²) in [4.78, 5) is 8.62. The van der Waals surface area contributed by atoms with Crippen molar-refractivity contribution in [3.05, 3.63) is 34.2 Å². The molecule has 0 aromatic carbocycles. The van der Waals surface area contributed by atoms with E-state index in [0.29, 0.717) is 67.7 Å². The van der Waals surface area contributed by atoms with E-state index in [-0.39, 0.29) is 23.1 Å². The summed E-state index contributed by atoms with van der Waals surface area (Å²) in [6.45, 7) is 12.3. The minimum absolute atomic E-state index is 0.00980. The van der Waals surface area contributed by atoms with Crippen molar-refractivity contribution in [3.8, 4) is 0 Å². The van der Waals surface area contributed by atoms with Gasteiger partial charge in [-0.05, 0) is 53.5 Å². The van der Waals surface area contributed by atoms with Crippen molar-refractivity contribution in [2.45, 2.75) is 76.7 Å². The highest BCUT2D eigenvalue weighted by atomic mass is 35.5. The quantitative estimate of drug-likeness (QED) is 0.534. The van der Waals surface area contributed by atoms with Crippen LogP contribution in [0.3, 0.4) is 0 Å². The number of hydrogen-bond donors (Lipinski definition) is 0. The second-order valence-electron chi connectivity index (χ2n) is 10.2. The molecular weight excluding hydrogens is 529 g/mol. The molecule has 2 aliphatic rings. The van der Waals surface area contributed by atoms with Gasteiger partial charge in [-0.15, -0.1) is 0 Å². The summed E-state index contributed by atoms with van der Waals surface area (Å²) in [7, 11) is -3.64. The Morgan fingerprint density at radius 1 is 1.11 bits per heavy atom. The molecule has 2 aromatic rings. The lowest BCUT2D eigenvalue weighted by Crippen LogP contribution is -2.57. The van der Waals surface area contributed by atoms with Crippen LogP contribution in [0.4, 0.5) is 19.0 Å². The Morgan fingerprint density at radius 2 is 1.76 bits per heavy atom. The van der Waals surface area contributed by atoms with Gasteiger partial charge < -0.3 is 4.90 Å². The van der Waals surface area contributed by atoms with E-state index in [1.54, 1.807) is 22.8 Å². The molecule has 1 atom stereocenters. The smallest absolute Gasteiger partial charge is 0.350 e. The Labute approximate surface area is 221 Å². The van der Waals surface area contributed by atoms with Crippen LogP contribution in [0, 0.1) is 13.8 Å². The molecule has 1 unspecified atom stereocenters. The third-order valence-corrected chi connectivity index (χ3v) is 9.80. The largest absolute Gasteiger partial charge is 0.417 e. The van der Waals surface area contributed by atoms with E-state index in [0.717, 1.165) is 12.3 Å². The maximum Gasteiger partial charge on any atom is 0.417 e. The van der Waals surface area contributed by atoms with Crippen LogP contribution in [0.15, 0.2) is 17.2 Å². The van der Waals surface area contributed by atoms with Crippen LogP contribution in [0.25, 0.3) is 0 Å². The molecule has 0 saturated carbocycles. The Balaban J connectivity index is 1.39. The van der Waals surface area contributed by atoms with E-state index in [1.807, 2.05) is 25.7 Å². The first kappa shape index (κ1) is 28.1. The van der Waals surface area contributed by atoms with Crippen LogP contribution in [0.2, 0.25) is 5.02 Å². The number of alkyl halides is 3. The number of piperazine rings is 1. The average molecular weight is 563 g/mol. The van der Waals surface area contributed by atoms with Crippen LogP contribution in [-0.4, -0.2) is 77.2 Å². The molecule has 2 saturated heterocycles. The summed E-state index contributed by atoms with van der Waals surface area (Å²) in [5.41, 5.74) is 0.320. The summed E-state index contributed by atoms with van der Waals surface area (Å²) in [5, 5.41) is 4.44. The molecule has 2 aliphatic heterocycles. The molecule has 4 rings (SSSR count). The zero-order chi connectivity index (χ0) is 27.3. The standard InChI is InChI=1S/C24H34ClF3N6O2S/c1-15(2)34-18(5)22(17(4)30-34)37(35,36)32-8-6-20(7-9-32)31-10-11-33(16(3)14-31)23-21(25)12-19(13-29-23)24(26,27)28/h12-13,15-16,20H,6-11,14H2,1-5H3. The molecule has 0 N–H and O–H groups in total. The molecule has 0 bridgehead atoms. The van der Waals surface area contributed by atoms with E-state index in [1.165, 1.54) is 0 Å². The lowest BCUT2D eigenvalue weighted by Gasteiger charge is -2.46. The molecule has 8 nitrogen and oxygen atoms in total. The van der Waals surface area contributed by atoms with Crippen LogP contribution < -0.4 is 4.90 Å². The van der Waals surface area contributed by atoms with Gasteiger partial charge in [-0.2, -0.15) is 22.6 Å². The fourth-order valence-electron chi connectivity index (χ4n) is 5.53. The van der Waals surface area contributed by atoms with Gasteiger partial charge in [0, 0.05) is 57.0 Å². The SMILES string of the molecule is Cc1nn(C(C)C)c(C)c1S(=O)(=O)N1CCC(N2CCN(c3ncc(C(F)(F)F)cc3Cl)C(C)C2)CC1. The lowest BCUT2D eigenvalue weighted by atomic mass is 10.0. The number of rotatable bonds is 5. The van der Waals surface area contributed by atoms with Crippen LogP contribution in [0.1, 0.15) is 56.6 Å². The Kier molecular flexibility index (Phi) is 7.87. The summed E-state index contributed by atoms with van der Waals surface area (Å²) < 4.78 is 69.2. The number of nitrogens with zero attached hydrogens (tertiary/aromatic N) is 6. The van der Waals surface area contributed by atoms with Gasteiger partial charge in [0.25, 0.3) is 0 Å².